The van der Waals surface area contributed by atoms with E-state index < -0.39 is 36.2 Å². The molecule has 0 bridgehead atoms. The molecule has 2 amide bonds. The van der Waals surface area contributed by atoms with Gasteiger partial charge in [-0.2, -0.15) is 0 Å². The molecule has 0 fully saturated rings. The first-order valence-electron chi connectivity index (χ1n) is 13.7. The Kier molecular flexibility index (Phi) is 9.92. The minimum Gasteiger partial charge on any atom is -0.480 e. The number of fused-ring (bicyclic) bond motifs is 3. The summed E-state index contributed by atoms with van der Waals surface area (Å²) in [6.07, 6.45) is 0.273. The molecule has 3 aromatic carbocycles. The van der Waals surface area contributed by atoms with Gasteiger partial charge >= 0.3 is 12.1 Å². The Balaban J connectivity index is 1.46. The van der Waals surface area contributed by atoms with E-state index in [-0.39, 0.29) is 25.6 Å². The fraction of sp³-hybridized carbons (Fsp3) is 0.303. The van der Waals surface area contributed by atoms with Crippen LogP contribution in [-0.4, -0.2) is 47.9 Å². The quantitative estimate of drug-likeness (QED) is 0.257. The summed E-state index contributed by atoms with van der Waals surface area (Å²) in [6, 6.07) is 23.1. The number of ether oxygens (including phenoxy) is 2. The van der Waals surface area contributed by atoms with Crippen LogP contribution in [0, 0.1) is 0 Å². The zero-order chi connectivity index (χ0) is 29.4. The monoisotopic (exact) mass is 556 g/mol. The lowest BCUT2D eigenvalue weighted by Crippen LogP contribution is -2.56. The van der Waals surface area contributed by atoms with E-state index in [1.165, 1.54) is 0 Å². The molecule has 0 aliphatic heterocycles. The third kappa shape index (κ3) is 7.61. The van der Waals surface area contributed by atoms with Crippen molar-refractivity contribution in [2.24, 2.45) is 0 Å². The summed E-state index contributed by atoms with van der Waals surface area (Å²) >= 11 is 0. The van der Waals surface area contributed by atoms with Gasteiger partial charge in [0.05, 0.1) is 12.7 Å². The number of carbonyl (C=O) groups excluding carboxylic acids is 2. The molecule has 4 rings (SSSR count). The molecule has 214 valence electrons. The third-order valence-corrected chi connectivity index (χ3v) is 7.10. The van der Waals surface area contributed by atoms with Crippen LogP contribution in [0.4, 0.5) is 4.79 Å². The van der Waals surface area contributed by atoms with Crippen molar-refractivity contribution in [3.8, 4) is 11.1 Å². The molecule has 0 aromatic heterocycles. The molecule has 3 atom stereocenters. The first-order chi connectivity index (χ1) is 19.7. The lowest BCUT2D eigenvalue weighted by molar-refractivity contribution is -0.142. The van der Waals surface area contributed by atoms with Crippen LogP contribution >= 0.6 is 0 Å². The van der Waals surface area contributed by atoms with Crippen molar-refractivity contribution in [1.29, 1.82) is 0 Å². The number of amides is 2. The molecule has 0 saturated heterocycles. The van der Waals surface area contributed by atoms with E-state index in [1.54, 1.807) is 13.0 Å². The summed E-state index contributed by atoms with van der Waals surface area (Å²) in [6.45, 7) is 5.64. The van der Waals surface area contributed by atoms with Gasteiger partial charge in [-0.15, -0.1) is 0 Å². The number of carboxylic acids is 1. The van der Waals surface area contributed by atoms with E-state index in [2.05, 4.69) is 22.8 Å². The fourth-order valence-electron chi connectivity index (χ4n) is 4.90. The van der Waals surface area contributed by atoms with Crippen molar-refractivity contribution in [1.82, 2.24) is 10.6 Å². The van der Waals surface area contributed by atoms with Crippen molar-refractivity contribution in [3.63, 3.8) is 0 Å². The number of hydrogen-bond donors (Lipinski definition) is 3. The van der Waals surface area contributed by atoms with Gasteiger partial charge in [0.1, 0.15) is 18.7 Å². The van der Waals surface area contributed by atoms with Crippen molar-refractivity contribution in [2.45, 2.75) is 57.9 Å². The second kappa shape index (κ2) is 13.8. The van der Waals surface area contributed by atoms with Crippen molar-refractivity contribution in [2.75, 3.05) is 6.61 Å². The zero-order valence-electron chi connectivity index (χ0n) is 23.5. The first kappa shape index (κ1) is 29.6. The number of alkyl carbamates (subject to hydrolysis) is 1. The van der Waals surface area contributed by atoms with Crippen LogP contribution in [0.3, 0.4) is 0 Å². The summed E-state index contributed by atoms with van der Waals surface area (Å²) in [5.41, 5.74) is 6.17. The first-order valence-corrected chi connectivity index (χ1v) is 13.7. The summed E-state index contributed by atoms with van der Waals surface area (Å²) in [5, 5.41) is 14.8. The standard InChI is InChI=1S/C33H36N2O6/c1-21(2)17-18-29(32(37)38)34-31(36)30(22(3)40-19-23-11-5-4-6-12-23)35-33(39)41-20-28-26-15-9-7-13-24(26)25-14-8-10-16-27(25)28/h4-17,22,28-30H,18-20H2,1-3H3,(H,34,36)(H,35,39)(H,37,38). The molecule has 0 heterocycles. The molecule has 1 aliphatic rings. The van der Waals surface area contributed by atoms with Crippen LogP contribution in [-0.2, 0) is 25.7 Å². The van der Waals surface area contributed by atoms with Crippen LogP contribution in [0.2, 0.25) is 0 Å². The van der Waals surface area contributed by atoms with Crippen LogP contribution in [0.5, 0.6) is 0 Å². The van der Waals surface area contributed by atoms with Gasteiger partial charge in [0.15, 0.2) is 0 Å². The molecule has 3 N–H and O–H groups in total. The van der Waals surface area contributed by atoms with Gasteiger partial charge in [0.2, 0.25) is 5.91 Å². The normalized spacial score (nSPS) is 14.1. The highest BCUT2D eigenvalue weighted by Crippen LogP contribution is 2.44. The van der Waals surface area contributed by atoms with Crippen LogP contribution in [0.15, 0.2) is 90.5 Å². The predicted molar refractivity (Wildman–Crippen MR) is 156 cm³/mol. The Bertz CT molecular complexity index is 1350. The molecule has 3 unspecified atom stereocenters. The average Bonchev–Trinajstić information content (AvgIpc) is 3.29. The maximum Gasteiger partial charge on any atom is 0.407 e. The second-order valence-electron chi connectivity index (χ2n) is 10.4. The molecular weight excluding hydrogens is 520 g/mol. The molecular formula is C33H36N2O6. The Morgan fingerprint density at radius 2 is 1.46 bits per heavy atom. The topological polar surface area (TPSA) is 114 Å². The molecule has 41 heavy (non-hydrogen) atoms. The highest BCUT2D eigenvalue weighted by molar-refractivity contribution is 5.90. The zero-order valence-corrected chi connectivity index (χ0v) is 23.5. The number of aliphatic carboxylic acids is 1. The smallest absolute Gasteiger partial charge is 0.407 e. The molecule has 0 saturated carbocycles. The van der Waals surface area contributed by atoms with E-state index in [4.69, 9.17) is 9.47 Å². The van der Waals surface area contributed by atoms with Crippen molar-refractivity contribution in [3.05, 3.63) is 107 Å². The van der Waals surface area contributed by atoms with Gasteiger partial charge < -0.3 is 25.2 Å². The minimum absolute atomic E-state index is 0.0752. The van der Waals surface area contributed by atoms with E-state index >= 15 is 0 Å². The Hall–Kier alpha value is -4.43. The summed E-state index contributed by atoms with van der Waals surface area (Å²) in [5.74, 6) is -1.99. The maximum atomic E-state index is 13.3. The maximum absolute atomic E-state index is 13.3. The molecule has 0 spiro atoms. The Labute approximate surface area is 240 Å². The van der Waals surface area contributed by atoms with E-state index in [9.17, 15) is 19.5 Å². The van der Waals surface area contributed by atoms with Gasteiger partial charge in [0, 0.05) is 5.92 Å². The molecule has 0 radical (unpaired) electrons. The number of carbonyl (C=O) groups is 3. The molecule has 8 nitrogen and oxygen atoms in total. The SMILES string of the molecule is CC(C)=CCC(NC(=O)C(NC(=O)OCC1c2ccccc2-c2ccccc21)C(C)OCc1ccccc1)C(=O)O. The lowest BCUT2D eigenvalue weighted by atomic mass is 9.98. The van der Waals surface area contributed by atoms with E-state index in [0.29, 0.717) is 0 Å². The number of allylic oxidation sites excluding steroid dienone is 1. The number of nitrogens with one attached hydrogen (secondary N) is 2. The predicted octanol–water partition coefficient (Wildman–Crippen LogP) is 5.42. The minimum atomic E-state index is -1.19. The second-order valence-corrected chi connectivity index (χ2v) is 10.4. The summed E-state index contributed by atoms with van der Waals surface area (Å²) in [7, 11) is 0. The molecule has 1 aliphatic carbocycles. The van der Waals surface area contributed by atoms with Crippen LogP contribution in [0.25, 0.3) is 11.1 Å². The Morgan fingerprint density at radius 1 is 0.878 bits per heavy atom. The van der Waals surface area contributed by atoms with Crippen molar-refractivity contribution < 1.29 is 29.0 Å². The third-order valence-electron chi connectivity index (χ3n) is 7.10. The number of carboxylic acid groups (broad SMARTS) is 1. The Morgan fingerprint density at radius 3 is 2.05 bits per heavy atom. The fourth-order valence-corrected chi connectivity index (χ4v) is 4.90. The van der Waals surface area contributed by atoms with Crippen LogP contribution in [0.1, 0.15) is 49.8 Å². The van der Waals surface area contributed by atoms with Crippen molar-refractivity contribution >= 4 is 18.0 Å². The highest BCUT2D eigenvalue weighted by atomic mass is 16.5. The van der Waals surface area contributed by atoms with Gasteiger partial charge in [-0.25, -0.2) is 9.59 Å². The lowest BCUT2D eigenvalue weighted by Gasteiger charge is -2.26. The number of hydrogen-bond acceptors (Lipinski definition) is 5. The van der Waals surface area contributed by atoms with E-state index in [0.717, 1.165) is 33.4 Å². The van der Waals surface area contributed by atoms with Gasteiger partial charge in [-0.3, -0.25) is 4.79 Å². The van der Waals surface area contributed by atoms with Gasteiger partial charge in [-0.1, -0.05) is 90.5 Å². The van der Waals surface area contributed by atoms with Gasteiger partial charge in [-0.05, 0) is 55.0 Å². The highest BCUT2D eigenvalue weighted by Gasteiger charge is 2.33. The van der Waals surface area contributed by atoms with E-state index in [1.807, 2.05) is 80.6 Å². The number of rotatable bonds is 12. The molecule has 3 aromatic rings. The number of benzene rings is 3. The largest absolute Gasteiger partial charge is 0.480 e. The summed E-state index contributed by atoms with van der Waals surface area (Å²) < 4.78 is 11.6. The van der Waals surface area contributed by atoms with Gasteiger partial charge in [0.25, 0.3) is 0 Å². The van der Waals surface area contributed by atoms with Crippen LogP contribution < -0.4 is 10.6 Å². The molecule has 8 heteroatoms. The average molecular weight is 557 g/mol. The summed E-state index contributed by atoms with van der Waals surface area (Å²) in [4.78, 5) is 38.2.